The van der Waals surface area contributed by atoms with Gasteiger partial charge in [-0.1, -0.05) is 23.7 Å². The highest BCUT2D eigenvalue weighted by atomic mass is 35.5. The Labute approximate surface area is 191 Å². The van der Waals surface area contributed by atoms with E-state index >= 15 is 0 Å². The molecule has 3 heterocycles. The van der Waals surface area contributed by atoms with Crippen molar-refractivity contribution in [2.45, 2.75) is 25.1 Å². The minimum absolute atomic E-state index is 0.0400. The van der Waals surface area contributed by atoms with E-state index in [-0.39, 0.29) is 23.4 Å². The molecule has 1 fully saturated rings. The summed E-state index contributed by atoms with van der Waals surface area (Å²) in [5.41, 5.74) is -0.290. The van der Waals surface area contributed by atoms with Crippen LogP contribution in [0.5, 0.6) is 0 Å². The zero-order valence-electron chi connectivity index (χ0n) is 16.8. The quantitative estimate of drug-likeness (QED) is 0.545. The number of hydrogen-bond donors (Lipinski definition) is 1. The summed E-state index contributed by atoms with van der Waals surface area (Å²) in [6.07, 6.45) is 0.102. The minimum Gasteiger partial charge on any atom is -0.349 e. The Morgan fingerprint density at radius 2 is 1.81 bits per heavy atom. The third kappa shape index (κ3) is 5.08. The molecule has 6 nitrogen and oxygen atoms in total. The lowest BCUT2D eigenvalue weighted by Gasteiger charge is -2.28. The van der Waals surface area contributed by atoms with E-state index in [1.165, 1.54) is 12.4 Å². The average molecular weight is 482 g/mol. The molecule has 0 spiro atoms. The average Bonchev–Trinajstić information content (AvgIpc) is 3.46. The van der Waals surface area contributed by atoms with E-state index in [0.29, 0.717) is 16.4 Å². The first-order chi connectivity index (χ1) is 15.3. The summed E-state index contributed by atoms with van der Waals surface area (Å²) in [6, 6.07) is 8.65. The van der Waals surface area contributed by atoms with Crippen molar-refractivity contribution < 1.29 is 18.0 Å². The smallest absolute Gasteiger partial charge is 0.349 e. The maximum absolute atomic E-state index is 13.6. The fourth-order valence-corrected chi connectivity index (χ4v) is 4.71. The number of likely N-dealkylation sites (tertiary alicyclic amines) is 1. The third-order valence-electron chi connectivity index (χ3n) is 5.15. The number of benzene rings is 1. The molecule has 1 amide bonds. The van der Waals surface area contributed by atoms with Crippen molar-refractivity contribution in [1.29, 1.82) is 0 Å². The summed E-state index contributed by atoms with van der Waals surface area (Å²) in [4.78, 5) is 26.1. The molecule has 11 heteroatoms. The Balaban J connectivity index is 1.58. The molecule has 4 rings (SSSR count). The summed E-state index contributed by atoms with van der Waals surface area (Å²) in [5.74, 6) is -0.784. The Kier molecular flexibility index (Phi) is 6.73. The topological polar surface area (TPSA) is 71.0 Å². The third-order valence-corrected chi connectivity index (χ3v) is 6.45. The van der Waals surface area contributed by atoms with E-state index in [4.69, 9.17) is 11.6 Å². The molecule has 1 atom stereocenters. The molecule has 1 saturated heterocycles. The van der Waals surface area contributed by atoms with Crippen LogP contribution in [0.1, 0.15) is 39.8 Å². The van der Waals surface area contributed by atoms with Crippen LogP contribution in [0.4, 0.5) is 13.2 Å². The van der Waals surface area contributed by atoms with Crippen LogP contribution in [-0.4, -0.2) is 45.4 Å². The molecule has 0 aliphatic carbocycles. The standard InChI is InChI=1S/C21H19ClF3N5OS/c22-14-6-4-13(5-7-14)15(30-10-1-2-11-30)12-28-19(31)16-17(21(23,24)25)29-20(32-16)18-26-8-3-9-27-18/h3-9,15H,1-2,10-12H2,(H,28,31). The van der Waals surface area contributed by atoms with Crippen LogP contribution >= 0.6 is 22.9 Å². The van der Waals surface area contributed by atoms with Gasteiger partial charge in [-0.2, -0.15) is 13.2 Å². The first-order valence-corrected chi connectivity index (χ1v) is 11.2. The Bertz CT molecular complexity index is 1070. The SMILES string of the molecule is O=C(NCC(c1ccc(Cl)cc1)N1CCCC1)c1sc(-c2ncccn2)nc1C(F)(F)F. The fraction of sp³-hybridized carbons (Fsp3) is 0.333. The number of thiazole rings is 1. The van der Waals surface area contributed by atoms with Gasteiger partial charge in [-0.25, -0.2) is 15.0 Å². The molecule has 0 bridgehead atoms. The summed E-state index contributed by atoms with van der Waals surface area (Å²) in [6.45, 7) is 1.87. The van der Waals surface area contributed by atoms with Crippen molar-refractivity contribution in [2.24, 2.45) is 0 Å². The van der Waals surface area contributed by atoms with Crippen molar-refractivity contribution in [3.63, 3.8) is 0 Å². The van der Waals surface area contributed by atoms with Gasteiger partial charge in [-0.05, 0) is 49.7 Å². The highest BCUT2D eigenvalue weighted by Crippen LogP contribution is 2.37. The molecule has 2 aromatic heterocycles. The van der Waals surface area contributed by atoms with Gasteiger partial charge in [0.2, 0.25) is 0 Å². The number of hydrogen-bond acceptors (Lipinski definition) is 6. The van der Waals surface area contributed by atoms with Crippen LogP contribution < -0.4 is 5.32 Å². The molecule has 0 saturated carbocycles. The second-order valence-corrected chi connectivity index (χ2v) is 8.72. The van der Waals surface area contributed by atoms with Crippen LogP contribution in [-0.2, 0) is 6.18 Å². The number of rotatable bonds is 6. The molecule has 3 aromatic rings. The van der Waals surface area contributed by atoms with Crippen LogP contribution in [0, 0.1) is 0 Å². The van der Waals surface area contributed by atoms with Crippen LogP contribution in [0.2, 0.25) is 5.02 Å². The number of carbonyl (C=O) groups is 1. The van der Waals surface area contributed by atoms with E-state index in [0.717, 1.165) is 31.5 Å². The fourth-order valence-electron chi connectivity index (χ4n) is 3.64. The van der Waals surface area contributed by atoms with Crippen molar-refractivity contribution in [3.8, 4) is 10.8 Å². The predicted octanol–water partition coefficient (Wildman–Crippen LogP) is 4.84. The summed E-state index contributed by atoms with van der Waals surface area (Å²) < 4.78 is 40.8. The number of nitrogens with zero attached hydrogens (tertiary/aromatic N) is 4. The summed E-state index contributed by atoms with van der Waals surface area (Å²) in [5, 5.41) is 3.21. The Hall–Kier alpha value is -2.56. The van der Waals surface area contributed by atoms with Gasteiger partial charge in [-0.15, -0.1) is 11.3 Å². The zero-order chi connectivity index (χ0) is 22.7. The Morgan fingerprint density at radius 3 is 2.44 bits per heavy atom. The van der Waals surface area contributed by atoms with Gasteiger partial charge in [-0.3, -0.25) is 9.69 Å². The van der Waals surface area contributed by atoms with Gasteiger partial charge in [0.25, 0.3) is 5.91 Å². The molecular formula is C21H19ClF3N5OS. The van der Waals surface area contributed by atoms with Gasteiger partial charge in [0.05, 0.1) is 6.04 Å². The normalized spacial score (nSPS) is 15.6. The van der Waals surface area contributed by atoms with Crippen molar-refractivity contribution in [1.82, 2.24) is 25.2 Å². The first-order valence-electron chi connectivity index (χ1n) is 9.96. The number of alkyl halides is 3. The zero-order valence-corrected chi connectivity index (χ0v) is 18.3. The van der Waals surface area contributed by atoms with Crippen LogP contribution in [0.15, 0.2) is 42.7 Å². The van der Waals surface area contributed by atoms with Gasteiger partial charge in [0.15, 0.2) is 16.5 Å². The first kappa shape index (κ1) is 22.6. The largest absolute Gasteiger partial charge is 0.435 e. The number of halogens is 4. The number of aromatic nitrogens is 3. The van der Waals surface area contributed by atoms with E-state index in [1.807, 2.05) is 12.1 Å². The molecule has 1 aromatic carbocycles. The maximum Gasteiger partial charge on any atom is 0.435 e. The van der Waals surface area contributed by atoms with E-state index < -0.39 is 22.7 Å². The second kappa shape index (κ2) is 9.51. The van der Waals surface area contributed by atoms with E-state index in [1.54, 1.807) is 18.2 Å². The molecule has 1 unspecified atom stereocenters. The molecule has 1 aliphatic heterocycles. The van der Waals surface area contributed by atoms with Crippen LogP contribution in [0.3, 0.4) is 0 Å². The van der Waals surface area contributed by atoms with Gasteiger partial charge < -0.3 is 5.32 Å². The summed E-state index contributed by atoms with van der Waals surface area (Å²) in [7, 11) is 0. The molecule has 168 valence electrons. The lowest BCUT2D eigenvalue weighted by Crippen LogP contribution is -2.37. The molecule has 0 radical (unpaired) electrons. The second-order valence-electron chi connectivity index (χ2n) is 7.29. The molecule has 1 aliphatic rings. The van der Waals surface area contributed by atoms with Crippen molar-refractivity contribution >= 4 is 28.8 Å². The molecule has 1 N–H and O–H groups in total. The lowest BCUT2D eigenvalue weighted by atomic mass is 10.1. The van der Waals surface area contributed by atoms with Crippen molar-refractivity contribution in [3.05, 3.63) is 63.9 Å². The number of nitrogens with one attached hydrogen (secondary N) is 1. The monoisotopic (exact) mass is 481 g/mol. The lowest BCUT2D eigenvalue weighted by molar-refractivity contribution is -0.141. The maximum atomic E-state index is 13.6. The predicted molar refractivity (Wildman–Crippen MR) is 115 cm³/mol. The minimum atomic E-state index is -4.78. The Morgan fingerprint density at radius 1 is 1.16 bits per heavy atom. The summed E-state index contributed by atoms with van der Waals surface area (Å²) >= 11 is 6.62. The molecule has 32 heavy (non-hydrogen) atoms. The number of carbonyl (C=O) groups excluding carboxylic acids is 1. The van der Waals surface area contributed by atoms with Gasteiger partial charge in [0, 0.05) is 24.0 Å². The molecular weight excluding hydrogens is 463 g/mol. The van der Waals surface area contributed by atoms with Gasteiger partial charge in [0.1, 0.15) is 4.88 Å². The van der Waals surface area contributed by atoms with Crippen molar-refractivity contribution in [2.75, 3.05) is 19.6 Å². The van der Waals surface area contributed by atoms with E-state index in [9.17, 15) is 18.0 Å². The van der Waals surface area contributed by atoms with Gasteiger partial charge >= 0.3 is 6.18 Å². The highest BCUT2D eigenvalue weighted by Gasteiger charge is 2.40. The van der Waals surface area contributed by atoms with E-state index in [2.05, 4.69) is 25.2 Å². The highest BCUT2D eigenvalue weighted by molar-refractivity contribution is 7.17. The van der Waals surface area contributed by atoms with Crippen LogP contribution in [0.25, 0.3) is 10.8 Å². The number of amides is 1.